The summed E-state index contributed by atoms with van der Waals surface area (Å²) in [5, 5.41) is 0.189. The molecular weight excluding hydrogens is 341 g/mol. The van der Waals surface area contributed by atoms with Crippen molar-refractivity contribution < 1.29 is 40.0 Å². The van der Waals surface area contributed by atoms with Crippen LogP contribution in [0.25, 0.3) is 10.8 Å². The van der Waals surface area contributed by atoms with E-state index in [0.717, 1.165) is 19.2 Å². The third-order valence-electron chi connectivity index (χ3n) is 2.69. The van der Waals surface area contributed by atoms with E-state index < -0.39 is 27.5 Å². The van der Waals surface area contributed by atoms with Gasteiger partial charge in [0.15, 0.2) is 5.75 Å². The van der Waals surface area contributed by atoms with Gasteiger partial charge >= 0.3 is 21.8 Å². The van der Waals surface area contributed by atoms with Gasteiger partial charge in [-0.25, -0.2) is 4.79 Å². The molecule has 2 aromatic rings. The van der Waals surface area contributed by atoms with Crippen molar-refractivity contribution in [1.29, 1.82) is 0 Å². The van der Waals surface area contributed by atoms with Crippen LogP contribution in [0.2, 0.25) is 0 Å². The molecule has 0 amide bonds. The van der Waals surface area contributed by atoms with Crippen molar-refractivity contribution in [2.75, 3.05) is 7.11 Å². The fourth-order valence-corrected chi connectivity index (χ4v) is 2.18. The van der Waals surface area contributed by atoms with Gasteiger partial charge < -0.3 is 13.7 Å². The quantitative estimate of drug-likeness (QED) is 0.366. The number of carbonyl (C=O) groups excluding carboxylic acids is 1. The molecule has 0 aliphatic rings. The minimum absolute atomic E-state index is 0.0155. The molecule has 6 nitrogen and oxygen atoms in total. The predicted octanol–water partition coefficient (Wildman–Crippen LogP) is 3.21. The zero-order valence-electron chi connectivity index (χ0n) is 11.5. The Morgan fingerprint density at radius 3 is 2.04 bits per heavy atom. The van der Waals surface area contributed by atoms with E-state index in [4.69, 9.17) is 4.74 Å². The molecule has 0 fully saturated rings. The molecule has 0 saturated heterocycles. The minimum Gasteiger partial charge on any atom is -0.437 e. The van der Waals surface area contributed by atoms with E-state index in [-0.39, 0.29) is 16.5 Å². The summed E-state index contributed by atoms with van der Waals surface area (Å²) in [6.07, 6.45) is -1.04. The summed E-state index contributed by atoms with van der Waals surface area (Å²) in [6, 6.07) is 7.76. The SMILES string of the molecule is COC(=O)Oc1ccc(OS(=O)(=O)C(F)(F)F)c2ccccc12. The molecule has 10 heteroatoms. The Kier molecular flexibility index (Phi) is 4.37. The van der Waals surface area contributed by atoms with Crippen LogP contribution < -0.4 is 8.92 Å². The van der Waals surface area contributed by atoms with Crippen LogP contribution in [0, 0.1) is 0 Å². The van der Waals surface area contributed by atoms with Crippen molar-refractivity contribution in [1.82, 2.24) is 0 Å². The maximum atomic E-state index is 12.4. The normalized spacial score (nSPS) is 12.0. The van der Waals surface area contributed by atoms with E-state index >= 15 is 0 Å². The van der Waals surface area contributed by atoms with Gasteiger partial charge in [0.2, 0.25) is 0 Å². The number of ether oxygens (including phenoxy) is 2. The second-order valence-electron chi connectivity index (χ2n) is 4.15. The summed E-state index contributed by atoms with van der Waals surface area (Å²) in [4.78, 5) is 11.1. The maximum absolute atomic E-state index is 12.4. The number of alkyl halides is 3. The molecule has 0 bridgehead atoms. The van der Waals surface area contributed by atoms with Gasteiger partial charge in [0.1, 0.15) is 5.75 Å². The Morgan fingerprint density at radius 2 is 1.52 bits per heavy atom. The molecule has 0 saturated carbocycles. The Balaban J connectivity index is 2.52. The van der Waals surface area contributed by atoms with E-state index in [1.807, 2.05) is 0 Å². The monoisotopic (exact) mass is 350 g/mol. The zero-order chi connectivity index (χ0) is 17.3. The Morgan fingerprint density at radius 1 is 1.00 bits per heavy atom. The molecular formula is C13H9F3O6S. The Hall–Kier alpha value is -2.49. The van der Waals surface area contributed by atoms with Gasteiger partial charge in [-0.15, -0.1) is 0 Å². The summed E-state index contributed by atoms with van der Waals surface area (Å²) >= 11 is 0. The first-order chi connectivity index (χ1) is 10.7. The van der Waals surface area contributed by atoms with Crippen molar-refractivity contribution in [2.45, 2.75) is 5.51 Å². The molecule has 0 spiro atoms. The molecule has 0 aliphatic heterocycles. The van der Waals surface area contributed by atoms with E-state index in [1.54, 1.807) is 0 Å². The van der Waals surface area contributed by atoms with Gasteiger partial charge in [-0.1, -0.05) is 24.3 Å². The summed E-state index contributed by atoms with van der Waals surface area (Å²) in [7, 11) is -4.73. The van der Waals surface area contributed by atoms with Crippen molar-refractivity contribution in [3.8, 4) is 11.5 Å². The lowest BCUT2D eigenvalue weighted by atomic mass is 10.1. The third kappa shape index (κ3) is 3.47. The fourth-order valence-electron chi connectivity index (χ4n) is 1.70. The van der Waals surface area contributed by atoms with Crippen LogP contribution in [0.15, 0.2) is 36.4 Å². The van der Waals surface area contributed by atoms with Crippen molar-refractivity contribution in [2.24, 2.45) is 0 Å². The molecule has 0 atom stereocenters. The third-order valence-corrected chi connectivity index (χ3v) is 3.65. The zero-order valence-corrected chi connectivity index (χ0v) is 12.3. The van der Waals surface area contributed by atoms with E-state index in [2.05, 4.69) is 8.92 Å². The predicted molar refractivity (Wildman–Crippen MR) is 72.6 cm³/mol. The number of carbonyl (C=O) groups is 1. The first-order valence-corrected chi connectivity index (χ1v) is 7.35. The van der Waals surface area contributed by atoms with Crippen molar-refractivity contribution in [3.05, 3.63) is 36.4 Å². The van der Waals surface area contributed by atoms with Gasteiger partial charge in [0.25, 0.3) is 0 Å². The van der Waals surface area contributed by atoms with Gasteiger partial charge in [-0.2, -0.15) is 21.6 Å². The fraction of sp³-hybridized carbons (Fsp3) is 0.154. The van der Waals surface area contributed by atoms with Crippen LogP contribution >= 0.6 is 0 Å². The highest BCUT2D eigenvalue weighted by atomic mass is 32.2. The van der Waals surface area contributed by atoms with Crippen LogP contribution in [-0.2, 0) is 14.9 Å². The number of methoxy groups -OCH3 is 1. The molecule has 2 aromatic carbocycles. The summed E-state index contributed by atoms with van der Waals surface area (Å²) in [6.45, 7) is 0. The van der Waals surface area contributed by atoms with Gasteiger partial charge in [-0.3, -0.25) is 0 Å². The van der Waals surface area contributed by atoms with E-state index in [9.17, 15) is 26.4 Å². The highest BCUT2D eigenvalue weighted by Crippen LogP contribution is 2.36. The molecule has 0 unspecified atom stereocenters. The highest BCUT2D eigenvalue weighted by Gasteiger charge is 2.48. The van der Waals surface area contributed by atoms with Crippen LogP contribution in [-0.4, -0.2) is 27.2 Å². The molecule has 0 aromatic heterocycles. The van der Waals surface area contributed by atoms with Crippen LogP contribution in [0.5, 0.6) is 11.5 Å². The minimum atomic E-state index is -5.82. The van der Waals surface area contributed by atoms with E-state index in [1.165, 1.54) is 24.3 Å². The lowest BCUT2D eigenvalue weighted by Gasteiger charge is -2.13. The second-order valence-corrected chi connectivity index (χ2v) is 5.68. The summed E-state index contributed by atoms with van der Waals surface area (Å²) in [5.74, 6) is -0.570. The number of benzene rings is 2. The average Bonchev–Trinajstić information content (AvgIpc) is 2.48. The molecule has 0 radical (unpaired) electrons. The molecule has 0 N–H and O–H groups in total. The first-order valence-electron chi connectivity index (χ1n) is 5.94. The lowest BCUT2D eigenvalue weighted by Crippen LogP contribution is -2.28. The number of hydrogen-bond acceptors (Lipinski definition) is 6. The smallest absolute Gasteiger partial charge is 0.437 e. The number of rotatable bonds is 3. The molecule has 0 heterocycles. The van der Waals surface area contributed by atoms with Crippen LogP contribution in [0.1, 0.15) is 0 Å². The summed E-state index contributed by atoms with van der Waals surface area (Å²) < 4.78 is 72.8. The van der Waals surface area contributed by atoms with Crippen LogP contribution in [0.4, 0.5) is 18.0 Å². The van der Waals surface area contributed by atoms with Crippen molar-refractivity contribution in [3.63, 3.8) is 0 Å². The molecule has 124 valence electrons. The average molecular weight is 350 g/mol. The van der Waals surface area contributed by atoms with E-state index in [0.29, 0.717) is 0 Å². The topological polar surface area (TPSA) is 78.9 Å². The van der Waals surface area contributed by atoms with Gasteiger partial charge in [0, 0.05) is 10.8 Å². The number of halogens is 3. The number of hydrogen-bond donors (Lipinski definition) is 0. The molecule has 23 heavy (non-hydrogen) atoms. The lowest BCUT2D eigenvalue weighted by molar-refractivity contribution is -0.0499. The Bertz CT molecular complexity index is 844. The second kappa shape index (κ2) is 5.95. The molecule has 0 aliphatic carbocycles. The van der Waals surface area contributed by atoms with Crippen molar-refractivity contribution >= 4 is 27.0 Å². The molecule has 2 rings (SSSR count). The highest BCUT2D eigenvalue weighted by molar-refractivity contribution is 7.88. The number of fused-ring (bicyclic) bond motifs is 1. The summed E-state index contributed by atoms with van der Waals surface area (Å²) in [5.41, 5.74) is -5.56. The van der Waals surface area contributed by atoms with Crippen LogP contribution in [0.3, 0.4) is 0 Å². The first kappa shape index (κ1) is 16.9. The van der Waals surface area contributed by atoms with Gasteiger partial charge in [0.05, 0.1) is 7.11 Å². The standard InChI is InChI=1S/C13H9F3O6S/c1-20-12(17)21-10-6-7-11(9-5-3-2-4-8(9)10)22-23(18,19)13(14,15)16/h2-7H,1H3. The Labute approximate surface area is 128 Å². The largest absolute Gasteiger partial charge is 0.534 e. The van der Waals surface area contributed by atoms with Gasteiger partial charge in [-0.05, 0) is 12.1 Å². The maximum Gasteiger partial charge on any atom is 0.534 e.